The van der Waals surface area contributed by atoms with E-state index < -0.39 is 91.0 Å². The number of methoxy groups -OCH3 is 1. The lowest BCUT2D eigenvalue weighted by Crippen LogP contribution is -2.67. The fourth-order valence-electron chi connectivity index (χ4n) is 5.11. The highest BCUT2D eigenvalue weighted by Gasteiger charge is 2.56. The van der Waals surface area contributed by atoms with Gasteiger partial charge in [0.1, 0.15) is 36.6 Å². The molecule has 0 aromatic heterocycles. The molecule has 9 N–H and O–H groups in total. The highest BCUT2D eigenvalue weighted by Crippen LogP contribution is 2.42. The van der Waals surface area contributed by atoms with E-state index in [2.05, 4.69) is 20.7 Å². The fourth-order valence-corrected chi connectivity index (χ4v) is 6.49. The highest BCUT2D eigenvalue weighted by molar-refractivity contribution is 8.01. The Morgan fingerprint density at radius 1 is 1.11 bits per heavy atom. The molecule has 0 aromatic rings. The number of esters is 1. The third kappa shape index (κ3) is 11.9. The Morgan fingerprint density at radius 2 is 1.83 bits per heavy atom. The predicted octanol–water partition coefficient (Wildman–Crippen LogP) is -2.84. The van der Waals surface area contributed by atoms with Gasteiger partial charge in [-0.3, -0.25) is 9.59 Å². The van der Waals surface area contributed by atoms with Gasteiger partial charge in [-0.1, -0.05) is 11.5 Å². The lowest BCUT2D eigenvalue weighted by molar-refractivity contribution is -0.292. The molecule has 0 aliphatic carbocycles. The van der Waals surface area contributed by atoms with Crippen molar-refractivity contribution in [2.75, 3.05) is 39.2 Å². The van der Waals surface area contributed by atoms with Crippen molar-refractivity contribution in [3.05, 3.63) is 10.4 Å². The van der Waals surface area contributed by atoms with Crippen LogP contribution in [0.3, 0.4) is 0 Å². The summed E-state index contributed by atoms with van der Waals surface area (Å²) in [5, 5.41) is 81.2. The van der Waals surface area contributed by atoms with Crippen LogP contribution in [0.1, 0.15) is 45.4 Å². The van der Waals surface area contributed by atoms with Crippen molar-refractivity contribution in [3.8, 4) is 0 Å². The van der Waals surface area contributed by atoms with Crippen molar-refractivity contribution in [2.45, 2.75) is 112 Å². The van der Waals surface area contributed by atoms with E-state index in [1.54, 1.807) is 0 Å². The van der Waals surface area contributed by atoms with E-state index in [1.807, 2.05) is 0 Å². The largest absolute Gasteiger partial charge is 0.466 e. The molecule has 20 heteroatoms. The third-order valence-electron chi connectivity index (χ3n) is 7.66. The Kier molecular flexibility index (Phi) is 17.6. The summed E-state index contributed by atoms with van der Waals surface area (Å²) in [6.45, 7) is 0.866. The van der Waals surface area contributed by atoms with Crippen LogP contribution in [0, 0.1) is 0 Å². The third-order valence-corrected chi connectivity index (χ3v) is 9.05. The monoisotopic (exact) mass is 697 g/mol. The van der Waals surface area contributed by atoms with Gasteiger partial charge in [0.05, 0.1) is 38.6 Å². The second-order valence-corrected chi connectivity index (χ2v) is 12.5. The first-order chi connectivity index (χ1) is 22.3. The average molecular weight is 698 g/mol. The number of azide groups is 1. The van der Waals surface area contributed by atoms with Gasteiger partial charge < -0.3 is 65.3 Å². The Morgan fingerprint density at radius 3 is 2.47 bits per heavy atom. The molecule has 0 aromatic carbocycles. The van der Waals surface area contributed by atoms with Crippen molar-refractivity contribution in [2.24, 2.45) is 5.11 Å². The van der Waals surface area contributed by atoms with Crippen LogP contribution in [0.25, 0.3) is 10.4 Å². The van der Waals surface area contributed by atoms with E-state index in [4.69, 9.17) is 24.5 Å². The Bertz CT molecular complexity index is 1060. The summed E-state index contributed by atoms with van der Waals surface area (Å²) in [5.74, 6) is -2.10. The second-order valence-electron chi connectivity index (χ2n) is 11.2. The number of carbonyl (C=O) groups excluding carboxylic acids is 3. The maximum Gasteiger partial charge on any atom is 0.348 e. The van der Waals surface area contributed by atoms with Crippen molar-refractivity contribution < 1.29 is 69.1 Å². The number of nitrogens with one attached hydrogen (secondary N) is 2. The predicted molar refractivity (Wildman–Crippen MR) is 162 cm³/mol. The van der Waals surface area contributed by atoms with Crippen molar-refractivity contribution in [1.82, 2.24) is 10.6 Å². The number of hydrogen-bond donors (Lipinski definition) is 9. The summed E-state index contributed by atoms with van der Waals surface area (Å²) in [6, 6.07) is -1.30. The lowest BCUT2D eigenvalue weighted by atomic mass is 9.89. The van der Waals surface area contributed by atoms with Gasteiger partial charge in [0.15, 0.2) is 6.29 Å². The van der Waals surface area contributed by atoms with Crippen LogP contribution in [0.4, 0.5) is 0 Å². The van der Waals surface area contributed by atoms with Gasteiger partial charge in [0.2, 0.25) is 16.7 Å². The van der Waals surface area contributed by atoms with E-state index in [0.29, 0.717) is 44.0 Å². The van der Waals surface area contributed by atoms with Gasteiger partial charge in [-0.15, -0.1) is 11.8 Å². The summed E-state index contributed by atoms with van der Waals surface area (Å²) in [4.78, 5) is 37.4. The molecule has 47 heavy (non-hydrogen) atoms. The Labute approximate surface area is 275 Å². The smallest absolute Gasteiger partial charge is 0.348 e. The summed E-state index contributed by atoms with van der Waals surface area (Å²) >= 11 is 0.679. The Hall–Kier alpha value is -2.33. The molecular weight excluding hydrogens is 650 g/mol. The average Bonchev–Trinajstić information content (AvgIpc) is 3.05. The molecule has 2 heterocycles. The summed E-state index contributed by atoms with van der Waals surface area (Å²) < 4.78 is 22.1. The molecule has 0 saturated carbocycles. The van der Waals surface area contributed by atoms with Crippen molar-refractivity contribution >= 4 is 29.5 Å². The van der Waals surface area contributed by atoms with E-state index in [0.717, 1.165) is 20.5 Å². The number of carbonyl (C=O) groups is 3. The molecule has 2 aliphatic heterocycles. The van der Waals surface area contributed by atoms with Gasteiger partial charge in [0, 0.05) is 43.5 Å². The Balaban J connectivity index is 2.02. The van der Waals surface area contributed by atoms with E-state index in [-0.39, 0.29) is 24.8 Å². The maximum atomic E-state index is 13.0. The number of nitrogens with zero attached hydrogens (tertiary/aromatic N) is 3. The van der Waals surface area contributed by atoms with Crippen LogP contribution in [0.2, 0.25) is 0 Å². The van der Waals surface area contributed by atoms with Gasteiger partial charge in [-0.2, -0.15) is 0 Å². The minimum absolute atomic E-state index is 0.00443. The van der Waals surface area contributed by atoms with Crippen LogP contribution >= 0.6 is 11.8 Å². The summed E-state index contributed by atoms with van der Waals surface area (Å²) in [5.41, 5.74) is 8.26. The topological polar surface area (TPSA) is 303 Å². The molecule has 2 saturated heterocycles. The van der Waals surface area contributed by atoms with Gasteiger partial charge in [-0.25, -0.2) is 4.79 Å². The molecule has 2 amide bonds. The van der Waals surface area contributed by atoms with E-state index >= 15 is 0 Å². The van der Waals surface area contributed by atoms with Gasteiger partial charge in [0.25, 0.3) is 0 Å². The zero-order valence-corrected chi connectivity index (χ0v) is 27.1. The van der Waals surface area contributed by atoms with Crippen LogP contribution in [0.5, 0.6) is 0 Å². The molecular formula is C27H47N5O14S. The minimum atomic E-state index is -2.08. The molecule has 11 atom stereocenters. The zero-order chi connectivity index (χ0) is 35.1. The van der Waals surface area contributed by atoms with Crippen molar-refractivity contribution in [1.29, 1.82) is 0 Å². The molecule has 2 fully saturated rings. The standard InChI is InChI=1S/C27H47N5O14S/c1-14(34)31-19-15(35)11-27(26(42)43-2,46-24(19)20(38)16(36)12-33)47-13-17-21(39)22(40)23(41)25(45-17)44-10-6-8-29-18(37)7-4-3-5-9-30-32-28/h15-17,19-25,33,35-36,38-41H,3-13H2,1-2H3,(H,29,37)(H,31,34)/t15-,16-,17?,19-,20-,21+,22?,23+,24?,25-,27+/m1/s1. The normalized spacial score (nSPS) is 32.0. The molecule has 0 spiro atoms. The quantitative estimate of drug-likeness (QED) is 0.0216. The maximum absolute atomic E-state index is 13.0. The zero-order valence-electron chi connectivity index (χ0n) is 26.3. The molecule has 3 unspecified atom stereocenters. The number of rotatable bonds is 19. The number of ether oxygens (including phenoxy) is 4. The van der Waals surface area contributed by atoms with Crippen LogP contribution < -0.4 is 10.6 Å². The SMILES string of the molecule is COC(=O)[C@@]1(SCC2O[C@@H](OCCCNC(=O)CCCCCN=[N+]=[N-])[C@@H](O)C(O)[C@H]2O)C[C@@H](O)[C@@H](NC(C)=O)C([C@H](O)[C@H](O)CO)O1. The summed E-state index contributed by atoms with van der Waals surface area (Å²) in [6.07, 6.45) is -12.3. The fraction of sp³-hybridized carbons (Fsp3) is 0.889. The number of thioether (sulfide) groups is 1. The van der Waals surface area contributed by atoms with E-state index in [1.165, 1.54) is 0 Å². The first-order valence-electron chi connectivity index (χ1n) is 15.2. The lowest BCUT2D eigenvalue weighted by Gasteiger charge is -2.47. The molecule has 2 rings (SSSR count). The van der Waals surface area contributed by atoms with Crippen LogP contribution in [-0.2, 0) is 33.3 Å². The highest BCUT2D eigenvalue weighted by atomic mass is 32.2. The molecule has 0 bridgehead atoms. The number of unbranched alkanes of at least 4 members (excludes halogenated alkanes) is 2. The van der Waals surface area contributed by atoms with Crippen molar-refractivity contribution in [3.63, 3.8) is 0 Å². The minimum Gasteiger partial charge on any atom is -0.466 e. The second kappa shape index (κ2) is 20.2. The number of amides is 2. The van der Waals surface area contributed by atoms with E-state index in [9.17, 15) is 50.1 Å². The molecule has 19 nitrogen and oxygen atoms in total. The molecule has 2 aliphatic rings. The van der Waals surface area contributed by atoms with Crippen LogP contribution in [-0.4, -0.2) is 159 Å². The summed E-state index contributed by atoms with van der Waals surface area (Å²) in [7, 11) is 1.04. The first kappa shape index (κ1) is 40.8. The van der Waals surface area contributed by atoms with Crippen LogP contribution in [0.15, 0.2) is 5.11 Å². The number of aliphatic hydroxyl groups is 7. The first-order valence-corrected chi connectivity index (χ1v) is 16.2. The molecule has 0 radical (unpaired) electrons. The number of hydrogen-bond acceptors (Lipinski definition) is 16. The van der Waals surface area contributed by atoms with Gasteiger partial charge in [-0.05, 0) is 24.8 Å². The van der Waals surface area contributed by atoms with Gasteiger partial charge >= 0.3 is 5.97 Å². The molecule has 270 valence electrons. The number of aliphatic hydroxyl groups excluding tert-OH is 7.